The van der Waals surface area contributed by atoms with Gasteiger partial charge in [0.05, 0.1) is 25.4 Å². The fourth-order valence-corrected chi connectivity index (χ4v) is 8.93. The molecule has 1 aliphatic heterocycles. The average molecular weight is 973 g/mol. The first-order valence-electron chi connectivity index (χ1n) is 29.0. The van der Waals surface area contributed by atoms with Crippen LogP contribution in [0.4, 0.5) is 0 Å². The molecule has 1 saturated heterocycles. The van der Waals surface area contributed by atoms with Gasteiger partial charge >= 0.3 is 0 Å². The first-order chi connectivity index (χ1) is 33.8. The van der Waals surface area contributed by atoms with Crippen LogP contribution in [0.3, 0.4) is 0 Å². The third kappa shape index (κ3) is 39.1. The van der Waals surface area contributed by atoms with Gasteiger partial charge in [-0.1, -0.05) is 235 Å². The van der Waals surface area contributed by atoms with Crippen LogP contribution in [0.25, 0.3) is 0 Å². The minimum atomic E-state index is -1.58. The van der Waals surface area contributed by atoms with E-state index in [1.54, 1.807) is 6.08 Å². The lowest BCUT2D eigenvalue weighted by Crippen LogP contribution is -2.60. The SMILES string of the molecule is CCCCCCC/C=C\C/C=C\CCCCCCCCCCCCCCCC(=O)NC(COC1OC(CO)C(O)C(O)C1O)C(O)/C=C/CC/C=C/CC/C=C/CCCCCCCCCCCCC. The number of aliphatic hydroxyl groups is 5. The van der Waals surface area contributed by atoms with E-state index >= 15 is 0 Å². The van der Waals surface area contributed by atoms with Crippen LogP contribution in [0.2, 0.25) is 0 Å². The predicted octanol–water partition coefficient (Wildman–Crippen LogP) is 14.3. The van der Waals surface area contributed by atoms with Crippen molar-refractivity contribution in [2.24, 2.45) is 0 Å². The summed E-state index contributed by atoms with van der Waals surface area (Å²) < 4.78 is 11.3. The molecule has 1 amide bonds. The smallest absolute Gasteiger partial charge is 0.220 e. The van der Waals surface area contributed by atoms with Crippen LogP contribution in [-0.4, -0.2) is 87.5 Å². The molecule has 9 heteroatoms. The van der Waals surface area contributed by atoms with Crippen molar-refractivity contribution in [2.45, 2.75) is 301 Å². The average Bonchev–Trinajstić information content (AvgIpc) is 3.35. The van der Waals surface area contributed by atoms with E-state index in [4.69, 9.17) is 9.47 Å². The number of hydrogen-bond acceptors (Lipinski definition) is 8. The van der Waals surface area contributed by atoms with Crippen molar-refractivity contribution in [1.29, 1.82) is 0 Å². The second-order valence-electron chi connectivity index (χ2n) is 20.1. The van der Waals surface area contributed by atoms with E-state index in [-0.39, 0.29) is 12.5 Å². The minimum absolute atomic E-state index is 0.191. The van der Waals surface area contributed by atoms with E-state index in [0.717, 1.165) is 51.4 Å². The lowest BCUT2D eigenvalue weighted by molar-refractivity contribution is -0.302. The molecule has 0 bridgehead atoms. The number of carbonyl (C=O) groups excluding carboxylic acids is 1. The maximum Gasteiger partial charge on any atom is 0.220 e. The summed E-state index contributed by atoms with van der Waals surface area (Å²) in [5.41, 5.74) is 0. The molecule has 0 aliphatic carbocycles. The first kappa shape index (κ1) is 64.9. The number of rotatable bonds is 49. The van der Waals surface area contributed by atoms with Crippen LogP contribution in [0.15, 0.2) is 60.8 Å². The zero-order chi connectivity index (χ0) is 50.1. The van der Waals surface area contributed by atoms with Gasteiger partial charge in [0.2, 0.25) is 5.91 Å². The molecular weight excluding hydrogens is 863 g/mol. The molecule has 0 aromatic rings. The summed E-state index contributed by atoms with van der Waals surface area (Å²) >= 11 is 0. The van der Waals surface area contributed by atoms with Crippen molar-refractivity contribution in [2.75, 3.05) is 13.2 Å². The number of nitrogens with one attached hydrogen (secondary N) is 1. The normalized spacial score (nSPS) is 19.9. The Hall–Kier alpha value is -2.11. The Kier molecular flexibility index (Phi) is 46.5. The number of carbonyl (C=O) groups is 1. The van der Waals surface area contributed by atoms with Gasteiger partial charge in [-0.15, -0.1) is 0 Å². The number of allylic oxidation sites excluding steroid dienone is 9. The van der Waals surface area contributed by atoms with Crippen LogP contribution in [0.1, 0.15) is 258 Å². The van der Waals surface area contributed by atoms with Gasteiger partial charge in [0.1, 0.15) is 24.4 Å². The monoisotopic (exact) mass is 972 g/mol. The molecule has 1 aliphatic rings. The third-order valence-corrected chi connectivity index (χ3v) is 13.5. The summed E-state index contributed by atoms with van der Waals surface area (Å²) in [4.78, 5) is 13.1. The predicted molar refractivity (Wildman–Crippen MR) is 290 cm³/mol. The number of hydrogen-bond donors (Lipinski definition) is 6. The second-order valence-corrected chi connectivity index (χ2v) is 20.1. The van der Waals surface area contributed by atoms with Crippen molar-refractivity contribution in [1.82, 2.24) is 5.32 Å². The molecule has 0 radical (unpaired) electrons. The zero-order valence-corrected chi connectivity index (χ0v) is 44.6. The Morgan fingerprint density at radius 1 is 0.493 bits per heavy atom. The Bertz CT molecular complexity index is 1270. The van der Waals surface area contributed by atoms with Gasteiger partial charge in [-0.3, -0.25) is 4.79 Å². The van der Waals surface area contributed by atoms with Crippen molar-refractivity contribution in [3.8, 4) is 0 Å². The summed E-state index contributed by atoms with van der Waals surface area (Å²) in [6, 6.07) is -0.831. The zero-order valence-electron chi connectivity index (χ0n) is 44.6. The van der Waals surface area contributed by atoms with Crippen molar-refractivity contribution < 1.29 is 39.8 Å². The van der Waals surface area contributed by atoms with Gasteiger partial charge in [0.25, 0.3) is 0 Å². The standard InChI is InChI=1S/C60H109NO8/c1-3-5-7-9-11-13-15-17-19-21-23-25-26-27-28-30-32-34-36-38-40-42-44-46-48-50-56(64)61-53(52-68-60-59(67)58(66)57(65)55(51-62)69-60)54(63)49-47-45-43-41-39-37-35-33-31-29-24-22-20-18-16-14-12-10-8-6-4-2/h15,17,21,23,31,33,39,41,47,49,53-55,57-60,62-63,65-67H,3-14,16,18-20,22,24-30,32,34-38,40,42-46,48,50-52H2,1-2H3,(H,61,64)/b17-15-,23-21-,33-31+,41-39+,49-47+. The van der Waals surface area contributed by atoms with E-state index in [0.29, 0.717) is 6.42 Å². The highest BCUT2D eigenvalue weighted by atomic mass is 16.7. The lowest BCUT2D eigenvalue weighted by Gasteiger charge is -2.40. The van der Waals surface area contributed by atoms with E-state index in [1.807, 2.05) is 6.08 Å². The van der Waals surface area contributed by atoms with Crippen LogP contribution >= 0.6 is 0 Å². The summed E-state index contributed by atoms with van der Waals surface area (Å²) in [5, 5.41) is 54.5. The molecule has 1 heterocycles. The molecule has 1 rings (SSSR count). The number of unbranched alkanes of at least 4 members (excludes halogenated alkanes) is 31. The van der Waals surface area contributed by atoms with Crippen LogP contribution in [0, 0.1) is 0 Å². The van der Waals surface area contributed by atoms with Gasteiger partial charge in [-0.05, 0) is 77.0 Å². The van der Waals surface area contributed by atoms with E-state index in [9.17, 15) is 30.3 Å². The summed E-state index contributed by atoms with van der Waals surface area (Å²) in [7, 11) is 0. The van der Waals surface area contributed by atoms with Gasteiger partial charge in [0, 0.05) is 6.42 Å². The summed E-state index contributed by atoms with van der Waals surface area (Å²) in [6.07, 6.45) is 60.0. The van der Waals surface area contributed by atoms with E-state index < -0.39 is 49.5 Å². The molecule has 0 aromatic heterocycles. The molecule has 69 heavy (non-hydrogen) atoms. The maximum atomic E-state index is 13.1. The third-order valence-electron chi connectivity index (χ3n) is 13.5. The summed E-state index contributed by atoms with van der Waals surface area (Å²) in [6.45, 7) is 3.76. The van der Waals surface area contributed by atoms with E-state index in [1.165, 1.54) is 186 Å². The number of aliphatic hydroxyl groups excluding tert-OH is 5. The number of amides is 1. The van der Waals surface area contributed by atoms with Gasteiger partial charge in [0.15, 0.2) is 6.29 Å². The molecule has 1 fully saturated rings. The van der Waals surface area contributed by atoms with Gasteiger partial charge in [-0.25, -0.2) is 0 Å². The van der Waals surface area contributed by atoms with E-state index in [2.05, 4.69) is 67.8 Å². The summed E-state index contributed by atoms with van der Waals surface area (Å²) in [5.74, 6) is -0.191. The van der Waals surface area contributed by atoms with Gasteiger partial charge < -0.3 is 40.3 Å². The molecule has 9 nitrogen and oxygen atoms in total. The van der Waals surface area contributed by atoms with Crippen molar-refractivity contribution >= 4 is 5.91 Å². The highest BCUT2D eigenvalue weighted by Gasteiger charge is 2.44. The van der Waals surface area contributed by atoms with Gasteiger partial charge in [-0.2, -0.15) is 0 Å². The fraction of sp³-hybridized carbons (Fsp3) is 0.817. The molecule has 402 valence electrons. The van der Waals surface area contributed by atoms with Crippen LogP contribution < -0.4 is 5.32 Å². The molecule has 0 spiro atoms. The molecule has 0 saturated carbocycles. The molecule has 6 N–H and O–H groups in total. The number of ether oxygens (including phenoxy) is 2. The minimum Gasteiger partial charge on any atom is -0.394 e. The Balaban J connectivity index is 2.26. The molecule has 7 atom stereocenters. The largest absolute Gasteiger partial charge is 0.394 e. The Morgan fingerprint density at radius 3 is 1.30 bits per heavy atom. The van der Waals surface area contributed by atoms with Crippen LogP contribution in [-0.2, 0) is 14.3 Å². The molecule has 7 unspecified atom stereocenters. The second kappa shape index (κ2) is 49.5. The fourth-order valence-electron chi connectivity index (χ4n) is 8.93. The Morgan fingerprint density at radius 2 is 0.870 bits per heavy atom. The Labute approximate surface area is 424 Å². The first-order valence-corrected chi connectivity index (χ1v) is 29.0. The highest BCUT2D eigenvalue weighted by molar-refractivity contribution is 5.76. The van der Waals surface area contributed by atoms with Crippen LogP contribution in [0.5, 0.6) is 0 Å². The topological polar surface area (TPSA) is 149 Å². The molecular formula is C60H109NO8. The lowest BCUT2D eigenvalue weighted by atomic mass is 9.99. The van der Waals surface area contributed by atoms with Crippen molar-refractivity contribution in [3.63, 3.8) is 0 Å². The maximum absolute atomic E-state index is 13.1. The quantitative estimate of drug-likeness (QED) is 0.0261. The molecule has 0 aromatic carbocycles. The highest BCUT2D eigenvalue weighted by Crippen LogP contribution is 2.23. The van der Waals surface area contributed by atoms with Crippen molar-refractivity contribution in [3.05, 3.63) is 60.8 Å².